The summed E-state index contributed by atoms with van der Waals surface area (Å²) in [6.07, 6.45) is 5.89. The molecule has 33 heavy (non-hydrogen) atoms. The lowest BCUT2D eigenvalue weighted by Crippen LogP contribution is -2.26. The van der Waals surface area contributed by atoms with Crippen LogP contribution in [0.2, 0.25) is 0 Å². The topological polar surface area (TPSA) is 109 Å². The fourth-order valence-electron chi connectivity index (χ4n) is 3.59. The van der Waals surface area contributed by atoms with Crippen LogP contribution in [0.25, 0.3) is 17.2 Å². The molecule has 6 heteroatoms. The van der Waals surface area contributed by atoms with Crippen LogP contribution in [0.15, 0.2) is 67.4 Å². The number of carbonyl (C=O) groups is 2. The molecular weight excluding hydrogens is 412 g/mol. The van der Waals surface area contributed by atoms with Crippen LogP contribution in [0.4, 0.5) is 0 Å². The zero-order valence-electron chi connectivity index (χ0n) is 18.3. The van der Waals surface area contributed by atoms with Gasteiger partial charge in [0.1, 0.15) is 11.5 Å². The van der Waals surface area contributed by atoms with Crippen molar-refractivity contribution in [3.8, 4) is 11.1 Å². The first-order chi connectivity index (χ1) is 15.9. The van der Waals surface area contributed by atoms with Crippen LogP contribution in [0.3, 0.4) is 0 Å². The van der Waals surface area contributed by atoms with Gasteiger partial charge in [0.25, 0.3) is 5.91 Å². The number of nitrogen functional groups attached to an aromatic ring is 1. The van der Waals surface area contributed by atoms with E-state index in [1.54, 1.807) is 30.5 Å². The lowest BCUT2D eigenvalue weighted by molar-refractivity contribution is 0.0945. The number of ketones is 1. The van der Waals surface area contributed by atoms with Gasteiger partial charge in [-0.3, -0.25) is 20.0 Å². The molecule has 0 unspecified atom stereocenters. The zero-order chi connectivity index (χ0) is 23.4. The fourth-order valence-corrected chi connectivity index (χ4v) is 3.59. The highest BCUT2D eigenvalue weighted by Gasteiger charge is 2.22. The molecule has 0 saturated heterocycles. The number of hydrogen-bond acceptors (Lipinski definition) is 4. The third kappa shape index (κ3) is 5.41. The van der Waals surface area contributed by atoms with Gasteiger partial charge >= 0.3 is 0 Å². The molecule has 0 radical (unpaired) electrons. The number of rotatable bonds is 9. The number of amides is 1. The van der Waals surface area contributed by atoms with E-state index in [-0.39, 0.29) is 23.9 Å². The molecule has 0 atom stereocenters. The van der Waals surface area contributed by atoms with E-state index in [4.69, 9.17) is 11.1 Å². The predicted molar refractivity (Wildman–Crippen MR) is 130 cm³/mol. The molecule has 0 spiro atoms. The highest BCUT2D eigenvalue weighted by Crippen LogP contribution is 2.28. The van der Waals surface area contributed by atoms with Gasteiger partial charge in [0, 0.05) is 35.9 Å². The van der Waals surface area contributed by atoms with E-state index in [0.717, 1.165) is 22.3 Å². The number of nitrogens with two attached hydrogens (primary N) is 1. The third-order valence-corrected chi connectivity index (χ3v) is 5.76. The molecule has 1 aliphatic carbocycles. The molecule has 1 heterocycles. The van der Waals surface area contributed by atoms with E-state index < -0.39 is 0 Å². The number of nitrogens with zero attached hydrogens (tertiary/aromatic N) is 1. The lowest BCUT2D eigenvalue weighted by atomic mass is 9.93. The molecule has 2 aromatic carbocycles. The third-order valence-electron chi connectivity index (χ3n) is 5.76. The Labute approximate surface area is 193 Å². The van der Waals surface area contributed by atoms with E-state index in [9.17, 15) is 9.59 Å². The van der Waals surface area contributed by atoms with Crippen LogP contribution >= 0.6 is 0 Å². The van der Waals surface area contributed by atoms with Crippen LogP contribution < -0.4 is 11.1 Å². The van der Waals surface area contributed by atoms with E-state index >= 15 is 0 Å². The number of nitrogens with one attached hydrogen (secondary N) is 2. The Morgan fingerprint density at radius 2 is 1.88 bits per heavy atom. The van der Waals surface area contributed by atoms with Crippen LogP contribution in [-0.2, 0) is 6.42 Å². The van der Waals surface area contributed by atoms with Crippen molar-refractivity contribution < 1.29 is 9.59 Å². The molecule has 3 aromatic rings. The van der Waals surface area contributed by atoms with Crippen LogP contribution in [-0.4, -0.2) is 29.1 Å². The van der Waals surface area contributed by atoms with Gasteiger partial charge in [0.05, 0.1) is 0 Å². The summed E-state index contributed by atoms with van der Waals surface area (Å²) in [6.45, 7) is 4.50. The maximum absolute atomic E-state index is 13.2. The van der Waals surface area contributed by atoms with E-state index in [2.05, 4.69) is 16.9 Å². The summed E-state index contributed by atoms with van der Waals surface area (Å²) in [6, 6.07) is 16.2. The van der Waals surface area contributed by atoms with Crippen molar-refractivity contribution in [3.63, 3.8) is 0 Å². The number of amidine groups is 1. The minimum atomic E-state index is -0.180. The summed E-state index contributed by atoms with van der Waals surface area (Å²) in [5, 5.41) is 10.4. The molecule has 4 rings (SSSR count). The Hall–Kier alpha value is -4.06. The Morgan fingerprint density at radius 3 is 2.48 bits per heavy atom. The SMILES string of the molecule is C=Cc1ccc(-c2ccc(C(=O)NCC3CC3)nc2)c(C(=O)Cc2ccc(C(=N)N)cc2)c1. The molecule has 0 bridgehead atoms. The second-order valence-corrected chi connectivity index (χ2v) is 8.31. The average molecular weight is 439 g/mol. The predicted octanol–water partition coefficient (Wildman–Crippen LogP) is 4.24. The number of carbonyl (C=O) groups excluding carboxylic acids is 2. The van der Waals surface area contributed by atoms with Gasteiger partial charge in [0.15, 0.2) is 5.78 Å². The summed E-state index contributed by atoms with van der Waals surface area (Å²) in [4.78, 5) is 29.9. The maximum atomic E-state index is 13.2. The van der Waals surface area contributed by atoms with Crippen molar-refractivity contribution in [2.24, 2.45) is 11.7 Å². The fraction of sp³-hybridized carbons (Fsp3) is 0.185. The van der Waals surface area contributed by atoms with Gasteiger partial charge in [0.2, 0.25) is 0 Å². The number of benzene rings is 2. The molecule has 4 N–H and O–H groups in total. The molecular formula is C27H26N4O2. The van der Waals surface area contributed by atoms with E-state index in [0.29, 0.717) is 29.3 Å². The lowest BCUT2D eigenvalue weighted by Gasteiger charge is -2.11. The summed E-state index contributed by atoms with van der Waals surface area (Å²) in [5.41, 5.74) is 10.3. The van der Waals surface area contributed by atoms with Gasteiger partial charge in [-0.25, -0.2) is 0 Å². The van der Waals surface area contributed by atoms with Gasteiger partial charge in [-0.1, -0.05) is 55.1 Å². The number of pyridine rings is 1. The molecule has 1 amide bonds. The average Bonchev–Trinajstić information content (AvgIpc) is 3.67. The summed E-state index contributed by atoms with van der Waals surface area (Å²) >= 11 is 0. The first-order valence-electron chi connectivity index (χ1n) is 10.9. The van der Waals surface area contributed by atoms with E-state index in [1.165, 1.54) is 12.8 Å². The first-order valence-corrected chi connectivity index (χ1v) is 10.9. The minimum Gasteiger partial charge on any atom is -0.384 e. The smallest absolute Gasteiger partial charge is 0.269 e. The van der Waals surface area contributed by atoms with Crippen LogP contribution in [0.1, 0.15) is 50.4 Å². The maximum Gasteiger partial charge on any atom is 0.269 e. The Bertz CT molecular complexity index is 1210. The zero-order valence-corrected chi connectivity index (χ0v) is 18.3. The van der Waals surface area contributed by atoms with Crippen molar-refractivity contribution >= 4 is 23.6 Å². The molecule has 1 saturated carbocycles. The number of aromatic nitrogens is 1. The van der Waals surface area contributed by atoms with Crippen molar-refractivity contribution in [1.82, 2.24) is 10.3 Å². The molecule has 1 aromatic heterocycles. The van der Waals surface area contributed by atoms with Crippen LogP contribution in [0, 0.1) is 11.3 Å². The van der Waals surface area contributed by atoms with E-state index in [1.807, 2.05) is 36.4 Å². The quantitative estimate of drug-likeness (QED) is 0.264. The second-order valence-electron chi connectivity index (χ2n) is 8.31. The first kappa shape index (κ1) is 22.1. The summed E-state index contributed by atoms with van der Waals surface area (Å²) < 4.78 is 0. The van der Waals surface area contributed by atoms with Crippen molar-refractivity contribution in [3.05, 3.63) is 95.3 Å². The van der Waals surface area contributed by atoms with Gasteiger partial charge in [-0.2, -0.15) is 0 Å². The summed E-state index contributed by atoms with van der Waals surface area (Å²) in [7, 11) is 0. The molecule has 0 aliphatic heterocycles. The van der Waals surface area contributed by atoms with Gasteiger partial charge < -0.3 is 11.1 Å². The Balaban J connectivity index is 1.57. The molecule has 1 fully saturated rings. The Kier molecular flexibility index (Phi) is 6.45. The monoisotopic (exact) mass is 438 g/mol. The molecule has 1 aliphatic rings. The van der Waals surface area contributed by atoms with Crippen molar-refractivity contribution in [2.45, 2.75) is 19.3 Å². The van der Waals surface area contributed by atoms with Crippen molar-refractivity contribution in [2.75, 3.05) is 6.54 Å². The highest BCUT2D eigenvalue weighted by atomic mass is 16.1. The minimum absolute atomic E-state index is 0.00832. The van der Waals surface area contributed by atoms with Gasteiger partial charge in [-0.15, -0.1) is 0 Å². The Morgan fingerprint density at radius 1 is 1.12 bits per heavy atom. The standard InChI is InChI=1S/C27H26N4O2/c1-2-17-7-11-22(21-10-12-24(30-16-21)27(33)31-15-19-3-4-19)23(13-17)25(32)14-18-5-8-20(9-6-18)26(28)29/h2,5-13,16,19H,1,3-4,14-15H2,(H3,28,29)(H,31,33). The molecule has 6 nitrogen and oxygen atoms in total. The normalized spacial score (nSPS) is 12.7. The largest absolute Gasteiger partial charge is 0.384 e. The van der Waals surface area contributed by atoms with Crippen LogP contribution in [0.5, 0.6) is 0 Å². The summed E-state index contributed by atoms with van der Waals surface area (Å²) in [5.74, 6) is 0.367. The second kappa shape index (κ2) is 9.61. The highest BCUT2D eigenvalue weighted by molar-refractivity contribution is 6.04. The number of Topliss-reactive ketones (excluding diaryl/α,β-unsaturated/α-hetero) is 1. The number of hydrogen-bond donors (Lipinski definition) is 3. The molecule has 166 valence electrons. The van der Waals surface area contributed by atoms with Crippen molar-refractivity contribution in [1.29, 1.82) is 5.41 Å². The van der Waals surface area contributed by atoms with Gasteiger partial charge in [-0.05, 0) is 47.6 Å².